The molecule has 0 aliphatic carbocycles. The van der Waals surface area contributed by atoms with Gasteiger partial charge in [-0.2, -0.15) is 26.3 Å². The molecule has 0 fully saturated rings. The van der Waals surface area contributed by atoms with E-state index < -0.39 is 35.0 Å². The van der Waals surface area contributed by atoms with Gasteiger partial charge in [-0.25, -0.2) is 0 Å². The molecular weight excluding hydrogens is 372 g/mol. The van der Waals surface area contributed by atoms with Crippen molar-refractivity contribution in [2.45, 2.75) is 19.3 Å². The smallest absolute Gasteiger partial charge is 0.322 e. The molecule has 1 N–H and O–H groups in total. The highest BCUT2D eigenvalue weighted by Gasteiger charge is 2.37. The van der Waals surface area contributed by atoms with Crippen LogP contribution in [0.3, 0.4) is 0 Å². The summed E-state index contributed by atoms with van der Waals surface area (Å²) in [5.74, 6) is -1.11. The summed E-state index contributed by atoms with van der Waals surface area (Å²) in [5.41, 5.74) is -3.27. The number of hydrogen-bond acceptors (Lipinski definition) is 1. The normalized spacial score (nSPS) is 12.2. The first-order valence-electron chi connectivity index (χ1n) is 6.75. The molecule has 0 unspecified atom stereocenters. The molecule has 9 heteroatoms. The molecule has 0 aliphatic rings. The number of alkyl halides is 6. The first kappa shape index (κ1) is 19.1. The van der Waals surface area contributed by atoms with Gasteiger partial charge in [0.25, 0.3) is 5.91 Å². The molecule has 0 bridgehead atoms. The van der Waals surface area contributed by atoms with Gasteiger partial charge in [0, 0.05) is 16.3 Å². The van der Waals surface area contributed by atoms with Crippen LogP contribution in [0.15, 0.2) is 36.4 Å². The maximum absolute atomic E-state index is 12.8. The van der Waals surface area contributed by atoms with Gasteiger partial charge in [0.2, 0.25) is 0 Å². The molecule has 1 amide bonds. The van der Waals surface area contributed by atoms with Crippen LogP contribution in [-0.2, 0) is 12.4 Å². The maximum Gasteiger partial charge on any atom is 0.416 e. The zero-order valence-corrected chi connectivity index (χ0v) is 13.3. The molecule has 2 nitrogen and oxygen atoms in total. The molecular formula is C16H10ClF6NO. The van der Waals surface area contributed by atoms with E-state index in [4.69, 9.17) is 11.6 Å². The average molecular weight is 382 g/mol. The minimum atomic E-state index is -5.03. The summed E-state index contributed by atoms with van der Waals surface area (Å²) in [7, 11) is 0. The van der Waals surface area contributed by atoms with Crippen LogP contribution < -0.4 is 5.32 Å². The molecule has 0 radical (unpaired) electrons. The maximum atomic E-state index is 12.8. The predicted octanol–water partition coefficient (Wildman–Crippen LogP) is 5.94. The zero-order chi connectivity index (χ0) is 19.0. The van der Waals surface area contributed by atoms with E-state index in [-0.39, 0.29) is 16.8 Å². The van der Waals surface area contributed by atoms with Crippen LogP contribution in [0.1, 0.15) is 27.0 Å². The molecule has 0 heterocycles. The van der Waals surface area contributed by atoms with Crippen molar-refractivity contribution in [3.05, 3.63) is 63.7 Å². The third-order valence-corrected chi connectivity index (χ3v) is 3.78. The van der Waals surface area contributed by atoms with Gasteiger partial charge >= 0.3 is 12.4 Å². The molecule has 0 aliphatic heterocycles. The Bertz CT molecular complexity index is 781. The number of halogens is 7. The SMILES string of the molecule is Cc1c(Cl)cccc1NC(=O)c1cc(C(F)(F)F)cc(C(F)(F)F)c1. The number of nitrogens with one attached hydrogen (secondary N) is 1. The number of anilines is 1. The van der Waals surface area contributed by atoms with E-state index in [1.807, 2.05) is 0 Å². The van der Waals surface area contributed by atoms with Gasteiger partial charge in [-0.15, -0.1) is 0 Å². The monoisotopic (exact) mass is 381 g/mol. The Morgan fingerprint density at radius 3 is 1.96 bits per heavy atom. The summed E-state index contributed by atoms with van der Waals surface area (Å²) in [5, 5.41) is 2.56. The van der Waals surface area contributed by atoms with Crippen molar-refractivity contribution >= 4 is 23.2 Å². The molecule has 2 aromatic rings. The Morgan fingerprint density at radius 1 is 0.960 bits per heavy atom. The van der Waals surface area contributed by atoms with Crippen molar-refractivity contribution in [1.29, 1.82) is 0 Å². The number of rotatable bonds is 2. The second kappa shape index (κ2) is 6.59. The fraction of sp³-hybridized carbons (Fsp3) is 0.188. The van der Waals surface area contributed by atoms with Gasteiger partial charge in [0.1, 0.15) is 0 Å². The molecule has 0 spiro atoms. The molecule has 0 aromatic heterocycles. The Hall–Kier alpha value is -2.22. The lowest BCUT2D eigenvalue weighted by atomic mass is 10.0. The van der Waals surface area contributed by atoms with Crippen LogP contribution in [0, 0.1) is 6.92 Å². The van der Waals surface area contributed by atoms with Crippen molar-refractivity contribution in [1.82, 2.24) is 0 Å². The summed E-state index contributed by atoms with van der Waals surface area (Å²) in [6, 6.07) is 5.13. The number of carbonyl (C=O) groups is 1. The van der Waals surface area contributed by atoms with Gasteiger partial charge in [-0.05, 0) is 42.8 Å². The van der Waals surface area contributed by atoms with Crippen LogP contribution in [0.5, 0.6) is 0 Å². The lowest BCUT2D eigenvalue weighted by molar-refractivity contribution is -0.143. The lowest BCUT2D eigenvalue weighted by Crippen LogP contribution is -2.17. The molecule has 134 valence electrons. The fourth-order valence-electron chi connectivity index (χ4n) is 2.02. The Balaban J connectivity index is 2.47. The van der Waals surface area contributed by atoms with E-state index in [1.165, 1.54) is 18.2 Å². The molecule has 0 saturated heterocycles. The van der Waals surface area contributed by atoms with Crippen LogP contribution in [0.2, 0.25) is 5.02 Å². The molecule has 0 atom stereocenters. The molecule has 2 rings (SSSR count). The fourth-order valence-corrected chi connectivity index (χ4v) is 2.20. The van der Waals surface area contributed by atoms with Crippen LogP contribution >= 0.6 is 11.6 Å². The van der Waals surface area contributed by atoms with Crippen LogP contribution in [0.4, 0.5) is 32.0 Å². The quantitative estimate of drug-likeness (QED) is 0.641. The third kappa shape index (κ3) is 4.45. The first-order chi connectivity index (χ1) is 11.4. The molecule has 0 saturated carbocycles. The summed E-state index contributed by atoms with van der Waals surface area (Å²) in [6.07, 6.45) is -10.1. The second-order valence-corrected chi connectivity index (χ2v) is 5.57. The van der Waals surface area contributed by atoms with Crippen LogP contribution in [-0.4, -0.2) is 5.91 Å². The van der Waals surface area contributed by atoms with Crippen molar-refractivity contribution in [3.63, 3.8) is 0 Å². The highest BCUT2D eigenvalue weighted by molar-refractivity contribution is 6.31. The minimum Gasteiger partial charge on any atom is -0.322 e. The standard InChI is InChI=1S/C16H10ClF6NO/c1-8-12(17)3-2-4-13(8)24-14(25)9-5-10(15(18,19)20)7-11(6-9)16(21,22)23/h2-7H,1H3,(H,24,25). The van der Waals surface area contributed by atoms with E-state index in [9.17, 15) is 31.1 Å². The van der Waals surface area contributed by atoms with Gasteiger partial charge in [-0.3, -0.25) is 4.79 Å². The van der Waals surface area contributed by atoms with E-state index in [1.54, 1.807) is 6.92 Å². The topological polar surface area (TPSA) is 29.1 Å². The van der Waals surface area contributed by atoms with Gasteiger partial charge in [0.05, 0.1) is 11.1 Å². The third-order valence-electron chi connectivity index (χ3n) is 3.37. The van der Waals surface area contributed by atoms with Crippen LogP contribution in [0.25, 0.3) is 0 Å². The van der Waals surface area contributed by atoms with E-state index >= 15 is 0 Å². The summed E-state index contributed by atoms with van der Waals surface area (Å²) in [6.45, 7) is 1.55. The van der Waals surface area contributed by atoms with Gasteiger partial charge in [-0.1, -0.05) is 17.7 Å². The minimum absolute atomic E-state index is 0.0403. The molecule has 2 aromatic carbocycles. The van der Waals surface area contributed by atoms with E-state index in [2.05, 4.69) is 5.32 Å². The zero-order valence-electron chi connectivity index (χ0n) is 12.5. The summed E-state index contributed by atoms with van der Waals surface area (Å²) in [4.78, 5) is 12.1. The highest BCUT2D eigenvalue weighted by Crippen LogP contribution is 2.36. The number of hydrogen-bond donors (Lipinski definition) is 1. The Kier molecular flexibility index (Phi) is 5.04. The van der Waals surface area contributed by atoms with E-state index in [0.717, 1.165) is 0 Å². The Labute approximate surface area is 143 Å². The average Bonchev–Trinajstić information content (AvgIpc) is 2.49. The van der Waals surface area contributed by atoms with E-state index in [0.29, 0.717) is 17.7 Å². The van der Waals surface area contributed by atoms with Crippen molar-refractivity contribution in [2.24, 2.45) is 0 Å². The lowest BCUT2D eigenvalue weighted by Gasteiger charge is -2.15. The predicted molar refractivity (Wildman–Crippen MR) is 80.6 cm³/mol. The summed E-state index contributed by atoms with van der Waals surface area (Å²) < 4.78 is 77.0. The van der Waals surface area contributed by atoms with Crippen molar-refractivity contribution < 1.29 is 31.1 Å². The first-order valence-corrected chi connectivity index (χ1v) is 7.13. The van der Waals surface area contributed by atoms with Crippen molar-refractivity contribution in [3.8, 4) is 0 Å². The molecule has 25 heavy (non-hydrogen) atoms. The van der Waals surface area contributed by atoms with Gasteiger partial charge in [0.15, 0.2) is 0 Å². The number of benzene rings is 2. The number of amides is 1. The summed E-state index contributed by atoms with van der Waals surface area (Å²) >= 11 is 5.86. The number of carbonyl (C=O) groups excluding carboxylic acids is 1. The second-order valence-electron chi connectivity index (χ2n) is 5.16. The Morgan fingerprint density at radius 2 is 1.48 bits per heavy atom. The largest absolute Gasteiger partial charge is 0.416 e. The highest BCUT2D eigenvalue weighted by atomic mass is 35.5. The van der Waals surface area contributed by atoms with Gasteiger partial charge < -0.3 is 5.32 Å². The van der Waals surface area contributed by atoms with Crippen molar-refractivity contribution in [2.75, 3.05) is 5.32 Å².